The predicted molar refractivity (Wildman–Crippen MR) is 77.7 cm³/mol. The van der Waals surface area contributed by atoms with Gasteiger partial charge in [-0.3, -0.25) is 4.79 Å². The van der Waals surface area contributed by atoms with Gasteiger partial charge < -0.3 is 11.1 Å². The fraction of sp³-hybridized carbons (Fsp3) is 0.188. The molecule has 0 bridgehead atoms. The Bertz CT molecular complexity index is 625. The van der Waals surface area contributed by atoms with Gasteiger partial charge in [0.25, 0.3) is 0 Å². The molecule has 2 aromatic carbocycles. The molecule has 0 aliphatic rings. The average molecular weight is 272 g/mol. The molecule has 0 aliphatic carbocycles. The van der Waals surface area contributed by atoms with Crippen LogP contribution in [0.3, 0.4) is 0 Å². The number of nitrogens with one attached hydrogen (secondary N) is 1. The number of aryl methyl sites for hydroxylation is 1. The van der Waals surface area contributed by atoms with Crippen LogP contribution in [0.2, 0.25) is 0 Å². The lowest BCUT2D eigenvalue weighted by atomic mass is 9.90. The van der Waals surface area contributed by atoms with E-state index in [1.807, 2.05) is 31.2 Å². The standard InChI is InChI=1S/C16H17FN2O/c1-11-5-3-4-6-14(11)19-16(2,15(18)20)12-7-9-13(17)10-8-12/h3-10,19H,1-2H3,(H2,18,20). The zero-order chi connectivity index (χ0) is 14.8. The molecule has 20 heavy (non-hydrogen) atoms. The molecule has 2 aromatic rings. The van der Waals surface area contributed by atoms with Gasteiger partial charge in [0.15, 0.2) is 0 Å². The highest BCUT2D eigenvalue weighted by Gasteiger charge is 2.33. The molecular formula is C16H17FN2O. The summed E-state index contributed by atoms with van der Waals surface area (Å²) >= 11 is 0. The number of nitrogens with two attached hydrogens (primary N) is 1. The second-order valence-electron chi connectivity index (χ2n) is 4.94. The Kier molecular flexibility index (Phi) is 3.74. The summed E-state index contributed by atoms with van der Waals surface area (Å²) in [5, 5.41) is 3.16. The van der Waals surface area contributed by atoms with Crippen molar-refractivity contribution in [3.63, 3.8) is 0 Å². The topological polar surface area (TPSA) is 55.1 Å². The fourth-order valence-electron chi connectivity index (χ4n) is 2.04. The number of halogens is 1. The molecule has 3 N–H and O–H groups in total. The Morgan fingerprint density at radius 1 is 1.15 bits per heavy atom. The number of rotatable bonds is 4. The van der Waals surface area contributed by atoms with E-state index in [-0.39, 0.29) is 5.82 Å². The van der Waals surface area contributed by atoms with Gasteiger partial charge in [0.2, 0.25) is 5.91 Å². The molecule has 2 rings (SSSR count). The first-order valence-electron chi connectivity index (χ1n) is 6.33. The van der Waals surface area contributed by atoms with E-state index in [4.69, 9.17) is 5.73 Å². The highest BCUT2D eigenvalue weighted by molar-refractivity contribution is 5.89. The van der Waals surface area contributed by atoms with Crippen molar-refractivity contribution in [2.24, 2.45) is 5.73 Å². The van der Waals surface area contributed by atoms with Crippen molar-refractivity contribution in [1.82, 2.24) is 0 Å². The molecule has 104 valence electrons. The van der Waals surface area contributed by atoms with E-state index < -0.39 is 11.4 Å². The zero-order valence-corrected chi connectivity index (χ0v) is 11.5. The summed E-state index contributed by atoms with van der Waals surface area (Å²) in [7, 11) is 0. The van der Waals surface area contributed by atoms with Crippen molar-refractivity contribution in [2.75, 3.05) is 5.32 Å². The molecule has 0 spiro atoms. The number of carbonyl (C=O) groups excluding carboxylic acids is 1. The third-order valence-corrected chi connectivity index (χ3v) is 3.44. The van der Waals surface area contributed by atoms with Gasteiger partial charge in [0.1, 0.15) is 11.4 Å². The maximum atomic E-state index is 13.0. The molecule has 1 unspecified atom stereocenters. The lowest BCUT2D eigenvalue weighted by Crippen LogP contribution is -2.45. The van der Waals surface area contributed by atoms with Gasteiger partial charge in [-0.1, -0.05) is 30.3 Å². The van der Waals surface area contributed by atoms with Crippen LogP contribution in [0, 0.1) is 12.7 Å². The monoisotopic (exact) mass is 272 g/mol. The van der Waals surface area contributed by atoms with E-state index in [1.165, 1.54) is 12.1 Å². The summed E-state index contributed by atoms with van der Waals surface area (Å²) < 4.78 is 13.0. The Hall–Kier alpha value is -2.36. The Balaban J connectivity index is 2.43. The minimum atomic E-state index is -1.10. The summed E-state index contributed by atoms with van der Waals surface area (Å²) in [6.45, 7) is 3.63. The van der Waals surface area contributed by atoms with Crippen LogP contribution in [0.4, 0.5) is 10.1 Å². The second-order valence-corrected chi connectivity index (χ2v) is 4.94. The molecule has 4 heteroatoms. The normalized spacial score (nSPS) is 13.6. The van der Waals surface area contributed by atoms with Crippen molar-refractivity contribution in [2.45, 2.75) is 19.4 Å². The first kappa shape index (κ1) is 14.1. The Morgan fingerprint density at radius 2 is 1.75 bits per heavy atom. The highest BCUT2D eigenvalue weighted by Crippen LogP contribution is 2.27. The number of benzene rings is 2. The number of para-hydroxylation sites is 1. The van der Waals surface area contributed by atoms with Gasteiger partial charge in [-0.25, -0.2) is 4.39 Å². The summed E-state index contributed by atoms with van der Waals surface area (Å²) in [4.78, 5) is 11.9. The van der Waals surface area contributed by atoms with E-state index in [0.717, 1.165) is 11.3 Å². The molecule has 0 radical (unpaired) electrons. The van der Waals surface area contributed by atoms with Crippen molar-refractivity contribution in [3.8, 4) is 0 Å². The molecule has 0 aliphatic heterocycles. The van der Waals surface area contributed by atoms with Crippen LogP contribution in [0.25, 0.3) is 0 Å². The van der Waals surface area contributed by atoms with E-state index in [9.17, 15) is 9.18 Å². The number of hydrogen-bond acceptors (Lipinski definition) is 2. The van der Waals surface area contributed by atoms with Crippen LogP contribution in [-0.2, 0) is 10.3 Å². The average Bonchev–Trinajstić information content (AvgIpc) is 2.42. The number of hydrogen-bond donors (Lipinski definition) is 2. The molecule has 0 heterocycles. The smallest absolute Gasteiger partial charge is 0.247 e. The maximum Gasteiger partial charge on any atom is 0.247 e. The van der Waals surface area contributed by atoms with Crippen LogP contribution in [0.15, 0.2) is 48.5 Å². The lowest BCUT2D eigenvalue weighted by molar-refractivity contribution is -0.122. The Labute approximate surface area is 117 Å². The van der Waals surface area contributed by atoms with E-state index in [2.05, 4.69) is 5.32 Å². The summed E-state index contributed by atoms with van der Waals surface area (Å²) in [5.41, 5.74) is 6.89. The van der Waals surface area contributed by atoms with Gasteiger partial charge in [-0.15, -0.1) is 0 Å². The quantitative estimate of drug-likeness (QED) is 0.899. The minimum absolute atomic E-state index is 0.350. The largest absolute Gasteiger partial charge is 0.368 e. The SMILES string of the molecule is Cc1ccccc1NC(C)(C(N)=O)c1ccc(F)cc1. The molecule has 0 fully saturated rings. The van der Waals surface area contributed by atoms with Gasteiger partial charge in [0, 0.05) is 5.69 Å². The van der Waals surface area contributed by atoms with Crippen LogP contribution >= 0.6 is 0 Å². The van der Waals surface area contributed by atoms with Gasteiger partial charge in [-0.2, -0.15) is 0 Å². The summed E-state index contributed by atoms with van der Waals surface area (Å²) in [5.74, 6) is -0.871. The van der Waals surface area contributed by atoms with E-state index in [0.29, 0.717) is 5.56 Å². The van der Waals surface area contributed by atoms with Gasteiger partial charge >= 0.3 is 0 Å². The third kappa shape index (κ3) is 2.64. The van der Waals surface area contributed by atoms with E-state index in [1.54, 1.807) is 19.1 Å². The Morgan fingerprint density at radius 3 is 2.30 bits per heavy atom. The van der Waals surface area contributed by atoms with Crippen molar-refractivity contribution in [3.05, 3.63) is 65.5 Å². The van der Waals surface area contributed by atoms with Crippen LogP contribution in [0.1, 0.15) is 18.1 Å². The van der Waals surface area contributed by atoms with Crippen molar-refractivity contribution < 1.29 is 9.18 Å². The van der Waals surface area contributed by atoms with Crippen LogP contribution < -0.4 is 11.1 Å². The first-order chi connectivity index (χ1) is 9.43. The summed E-state index contributed by atoms with van der Waals surface area (Å²) in [6.07, 6.45) is 0. The van der Waals surface area contributed by atoms with Gasteiger partial charge in [0.05, 0.1) is 0 Å². The number of primary amides is 1. The molecule has 3 nitrogen and oxygen atoms in total. The lowest BCUT2D eigenvalue weighted by Gasteiger charge is -2.30. The zero-order valence-electron chi connectivity index (χ0n) is 11.5. The molecule has 0 aromatic heterocycles. The maximum absolute atomic E-state index is 13.0. The van der Waals surface area contributed by atoms with Crippen LogP contribution in [0.5, 0.6) is 0 Å². The van der Waals surface area contributed by atoms with Crippen molar-refractivity contribution in [1.29, 1.82) is 0 Å². The molecular weight excluding hydrogens is 255 g/mol. The molecule has 1 atom stereocenters. The molecule has 1 amide bonds. The molecule has 0 saturated heterocycles. The fourth-order valence-corrected chi connectivity index (χ4v) is 2.04. The molecule has 0 saturated carbocycles. The second kappa shape index (κ2) is 5.33. The number of carbonyl (C=O) groups is 1. The highest BCUT2D eigenvalue weighted by atomic mass is 19.1. The third-order valence-electron chi connectivity index (χ3n) is 3.44. The number of anilines is 1. The first-order valence-corrected chi connectivity index (χ1v) is 6.33. The van der Waals surface area contributed by atoms with Crippen LogP contribution in [-0.4, -0.2) is 5.91 Å². The summed E-state index contributed by atoms with van der Waals surface area (Å²) in [6, 6.07) is 13.4. The van der Waals surface area contributed by atoms with Crippen molar-refractivity contribution >= 4 is 11.6 Å². The number of amides is 1. The van der Waals surface area contributed by atoms with E-state index >= 15 is 0 Å². The predicted octanol–water partition coefficient (Wildman–Crippen LogP) is 2.95. The van der Waals surface area contributed by atoms with Gasteiger partial charge in [-0.05, 0) is 43.2 Å². The minimum Gasteiger partial charge on any atom is -0.368 e.